The first-order valence-corrected chi connectivity index (χ1v) is 9.91. The third-order valence-corrected chi connectivity index (χ3v) is 6.42. The zero-order chi connectivity index (χ0) is 19.8. The van der Waals surface area contributed by atoms with E-state index in [4.69, 9.17) is 10.5 Å². The van der Waals surface area contributed by atoms with Crippen LogP contribution in [0, 0.1) is 11.8 Å². The number of hydrogen-bond donors (Lipinski definition) is 3. The lowest BCUT2D eigenvalue weighted by molar-refractivity contribution is -0.147. The Bertz CT molecular complexity index is 926. The van der Waals surface area contributed by atoms with E-state index in [1.807, 2.05) is 30.3 Å². The first-order valence-electron chi connectivity index (χ1n) is 9.09. The van der Waals surface area contributed by atoms with Crippen molar-refractivity contribution in [3.8, 4) is 0 Å². The van der Waals surface area contributed by atoms with E-state index < -0.39 is 41.8 Å². The second-order valence-corrected chi connectivity index (χ2v) is 8.29. The maximum Gasteiger partial charge on any atom is 0.310 e. The summed E-state index contributed by atoms with van der Waals surface area (Å²) in [6.07, 6.45) is 1.10. The molecule has 2 aliphatic heterocycles. The van der Waals surface area contributed by atoms with Crippen molar-refractivity contribution in [3.05, 3.63) is 52.4 Å². The standard InChI is InChI=1S/C20H20N2O5S/c21-17(23)12-9-11(8-10-4-2-1-3-5-10)28-19(12)22-18(24)15-13-6-7-14(27-13)16(15)20(25)26/h1-5,9,13-16H,6-8H2,(H2,21,23)(H,22,24)(H,25,26)/t13-,14-,15-,16-/m1/s1. The lowest BCUT2D eigenvalue weighted by Gasteiger charge is -2.23. The van der Waals surface area contributed by atoms with E-state index in [1.54, 1.807) is 6.07 Å². The minimum absolute atomic E-state index is 0.236. The van der Waals surface area contributed by atoms with Crippen LogP contribution < -0.4 is 11.1 Å². The molecule has 0 unspecified atom stereocenters. The van der Waals surface area contributed by atoms with E-state index in [9.17, 15) is 19.5 Å². The fourth-order valence-corrected chi connectivity index (χ4v) is 5.22. The topological polar surface area (TPSA) is 119 Å². The van der Waals surface area contributed by atoms with Crippen LogP contribution in [0.4, 0.5) is 5.00 Å². The van der Waals surface area contributed by atoms with Gasteiger partial charge in [0, 0.05) is 11.3 Å². The molecule has 2 aliphatic rings. The van der Waals surface area contributed by atoms with E-state index in [1.165, 1.54) is 11.3 Å². The van der Waals surface area contributed by atoms with Gasteiger partial charge in [0.25, 0.3) is 5.91 Å². The molecule has 4 N–H and O–H groups in total. The van der Waals surface area contributed by atoms with Gasteiger partial charge in [0.2, 0.25) is 5.91 Å². The van der Waals surface area contributed by atoms with Crippen LogP contribution in [0.25, 0.3) is 0 Å². The Hall–Kier alpha value is -2.71. The van der Waals surface area contributed by atoms with Crippen molar-refractivity contribution in [2.75, 3.05) is 5.32 Å². The molecule has 2 aromatic rings. The summed E-state index contributed by atoms with van der Waals surface area (Å²) in [6, 6.07) is 11.4. The second kappa shape index (κ2) is 7.37. The van der Waals surface area contributed by atoms with Gasteiger partial charge in [0.15, 0.2) is 0 Å². The normalized spacial score (nSPS) is 25.6. The van der Waals surface area contributed by atoms with Gasteiger partial charge < -0.3 is 20.9 Å². The van der Waals surface area contributed by atoms with E-state index >= 15 is 0 Å². The smallest absolute Gasteiger partial charge is 0.310 e. The van der Waals surface area contributed by atoms with Crippen LogP contribution in [0.5, 0.6) is 0 Å². The number of carboxylic acids is 1. The molecule has 1 aromatic carbocycles. The number of nitrogens with two attached hydrogens (primary N) is 1. The minimum atomic E-state index is -1.03. The van der Waals surface area contributed by atoms with Crippen LogP contribution in [0.3, 0.4) is 0 Å². The van der Waals surface area contributed by atoms with Crippen molar-refractivity contribution in [1.82, 2.24) is 0 Å². The number of carboxylic acid groups (broad SMARTS) is 1. The number of aliphatic carboxylic acids is 1. The average molecular weight is 400 g/mol. The van der Waals surface area contributed by atoms with Gasteiger partial charge in [-0.25, -0.2) is 0 Å². The number of rotatable bonds is 6. The van der Waals surface area contributed by atoms with Crippen molar-refractivity contribution in [2.45, 2.75) is 31.5 Å². The molecule has 0 spiro atoms. The molecule has 0 radical (unpaired) electrons. The number of amides is 2. The maximum atomic E-state index is 12.9. The zero-order valence-corrected chi connectivity index (χ0v) is 15.8. The summed E-state index contributed by atoms with van der Waals surface area (Å²) in [5, 5.41) is 12.6. The first kappa shape index (κ1) is 18.6. The van der Waals surface area contributed by atoms with Crippen LogP contribution in [0.2, 0.25) is 0 Å². The van der Waals surface area contributed by atoms with Gasteiger partial charge >= 0.3 is 5.97 Å². The predicted molar refractivity (Wildman–Crippen MR) is 103 cm³/mol. The summed E-state index contributed by atoms with van der Waals surface area (Å²) >= 11 is 1.28. The average Bonchev–Trinajstić information content (AvgIpc) is 3.36. The van der Waals surface area contributed by atoms with Gasteiger partial charge in [0.05, 0.1) is 29.6 Å². The third-order valence-electron chi connectivity index (χ3n) is 5.37. The Morgan fingerprint density at radius 2 is 1.82 bits per heavy atom. The molecule has 0 aliphatic carbocycles. The van der Waals surface area contributed by atoms with Crippen molar-refractivity contribution in [3.63, 3.8) is 0 Å². The van der Waals surface area contributed by atoms with Crippen molar-refractivity contribution >= 4 is 34.1 Å². The highest BCUT2D eigenvalue weighted by Gasteiger charge is 2.55. The fraction of sp³-hybridized carbons (Fsp3) is 0.350. The summed E-state index contributed by atoms with van der Waals surface area (Å²) < 4.78 is 5.65. The van der Waals surface area contributed by atoms with Crippen LogP contribution in [-0.4, -0.2) is 35.1 Å². The molecule has 146 valence electrons. The van der Waals surface area contributed by atoms with Gasteiger partial charge in [-0.15, -0.1) is 11.3 Å². The van der Waals surface area contributed by atoms with Gasteiger partial charge in [-0.05, 0) is 24.5 Å². The second-order valence-electron chi connectivity index (χ2n) is 7.15. The number of fused-ring (bicyclic) bond motifs is 2. The molecule has 4 atom stereocenters. The zero-order valence-electron chi connectivity index (χ0n) is 15.0. The number of hydrogen-bond acceptors (Lipinski definition) is 5. The maximum absolute atomic E-state index is 12.9. The van der Waals surface area contributed by atoms with E-state index in [-0.39, 0.29) is 5.56 Å². The van der Waals surface area contributed by atoms with Gasteiger partial charge in [-0.3, -0.25) is 14.4 Å². The van der Waals surface area contributed by atoms with E-state index in [0.717, 1.165) is 10.4 Å². The SMILES string of the molecule is NC(=O)c1cc(Cc2ccccc2)sc1NC(=O)[C@H]1[C@H](C(=O)O)[C@H]2CC[C@H]1O2. The quantitative estimate of drug-likeness (QED) is 0.687. The predicted octanol–water partition coefficient (Wildman–Crippen LogP) is 2.25. The molecule has 1 aromatic heterocycles. The largest absolute Gasteiger partial charge is 0.481 e. The van der Waals surface area contributed by atoms with Crippen molar-refractivity contribution in [1.29, 1.82) is 0 Å². The molecule has 2 saturated heterocycles. The number of ether oxygens (including phenoxy) is 1. The molecule has 2 bridgehead atoms. The van der Waals surface area contributed by atoms with E-state index in [2.05, 4.69) is 5.32 Å². The summed E-state index contributed by atoms with van der Waals surface area (Å²) in [7, 11) is 0. The van der Waals surface area contributed by atoms with E-state index in [0.29, 0.717) is 24.3 Å². The van der Waals surface area contributed by atoms with Crippen LogP contribution in [-0.2, 0) is 20.7 Å². The minimum Gasteiger partial charge on any atom is -0.481 e. The highest BCUT2D eigenvalue weighted by molar-refractivity contribution is 7.16. The molecule has 2 fully saturated rings. The molecular weight excluding hydrogens is 380 g/mol. The van der Waals surface area contributed by atoms with Gasteiger partial charge in [-0.1, -0.05) is 30.3 Å². The molecule has 8 heteroatoms. The monoisotopic (exact) mass is 400 g/mol. The third kappa shape index (κ3) is 3.41. The molecule has 7 nitrogen and oxygen atoms in total. The Morgan fingerprint density at radius 3 is 2.46 bits per heavy atom. The van der Waals surface area contributed by atoms with Crippen molar-refractivity contribution in [2.24, 2.45) is 17.6 Å². The highest BCUT2D eigenvalue weighted by Crippen LogP contribution is 2.44. The first-order chi connectivity index (χ1) is 13.4. The number of carbonyl (C=O) groups excluding carboxylic acids is 2. The molecular formula is C20H20N2O5S. The number of primary amides is 1. The van der Waals surface area contributed by atoms with Gasteiger partial charge in [-0.2, -0.15) is 0 Å². The Balaban J connectivity index is 1.56. The van der Waals surface area contributed by atoms with Crippen LogP contribution >= 0.6 is 11.3 Å². The fourth-order valence-electron chi connectivity index (χ4n) is 4.12. The Morgan fingerprint density at radius 1 is 1.14 bits per heavy atom. The molecule has 4 rings (SSSR count). The summed E-state index contributed by atoms with van der Waals surface area (Å²) in [6.45, 7) is 0. The number of benzene rings is 1. The highest BCUT2D eigenvalue weighted by atomic mass is 32.1. The molecule has 28 heavy (non-hydrogen) atoms. The molecule has 2 amide bonds. The Labute approximate surface area is 165 Å². The van der Waals surface area contributed by atoms with Crippen LogP contribution in [0.15, 0.2) is 36.4 Å². The van der Waals surface area contributed by atoms with Crippen molar-refractivity contribution < 1.29 is 24.2 Å². The Kier molecular flexibility index (Phi) is 4.91. The summed E-state index contributed by atoms with van der Waals surface area (Å²) in [5.74, 6) is -3.73. The summed E-state index contributed by atoms with van der Waals surface area (Å²) in [4.78, 5) is 37.2. The lowest BCUT2D eigenvalue weighted by Crippen LogP contribution is -2.41. The number of anilines is 1. The molecule has 3 heterocycles. The van der Waals surface area contributed by atoms with Crippen LogP contribution in [0.1, 0.15) is 33.6 Å². The number of carbonyl (C=O) groups is 3. The van der Waals surface area contributed by atoms with Gasteiger partial charge in [0.1, 0.15) is 5.00 Å². The molecule has 0 saturated carbocycles. The summed E-state index contributed by atoms with van der Waals surface area (Å²) in [5.41, 5.74) is 6.79. The number of nitrogens with one attached hydrogen (secondary N) is 1. The lowest BCUT2D eigenvalue weighted by atomic mass is 9.79. The number of thiophene rings is 1.